The lowest BCUT2D eigenvalue weighted by Gasteiger charge is -2.17. The van der Waals surface area contributed by atoms with E-state index in [0.29, 0.717) is 11.4 Å². The first-order valence-corrected chi connectivity index (χ1v) is 5.17. The van der Waals surface area contributed by atoms with E-state index in [0.717, 1.165) is 17.9 Å². The average Bonchev–Trinajstić information content (AvgIpc) is 2.30. The minimum Gasteiger partial charge on any atom is -0.390 e. The molecule has 0 saturated heterocycles. The third kappa shape index (κ3) is 2.49. The van der Waals surface area contributed by atoms with Gasteiger partial charge in [-0.25, -0.2) is 0 Å². The lowest BCUT2D eigenvalue weighted by atomic mass is 10.0. The van der Waals surface area contributed by atoms with Gasteiger partial charge >= 0.3 is 0 Å². The van der Waals surface area contributed by atoms with Crippen molar-refractivity contribution >= 4 is 11.6 Å². The van der Waals surface area contributed by atoms with Gasteiger partial charge in [0, 0.05) is 13.0 Å². The molecule has 3 nitrogen and oxygen atoms in total. The van der Waals surface area contributed by atoms with Crippen LogP contribution in [0.1, 0.15) is 32.2 Å². The Balaban J connectivity index is 3.06. The third-order valence-electron chi connectivity index (χ3n) is 2.05. The Morgan fingerprint density at radius 1 is 1.50 bits per heavy atom. The second-order valence-electron chi connectivity index (χ2n) is 4.15. The molecule has 0 unspecified atom stereocenters. The summed E-state index contributed by atoms with van der Waals surface area (Å²) in [7, 11) is 0. The van der Waals surface area contributed by atoms with Crippen LogP contribution in [0.15, 0.2) is 0 Å². The van der Waals surface area contributed by atoms with Gasteiger partial charge in [0.15, 0.2) is 0 Å². The number of hydrogen-bond acceptors (Lipinski definition) is 2. The Labute approximate surface area is 89.7 Å². The van der Waals surface area contributed by atoms with Crippen LogP contribution in [0.25, 0.3) is 0 Å². The molecular formula is C10H17ClN2O. The first kappa shape index (κ1) is 11.5. The van der Waals surface area contributed by atoms with E-state index >= 15 is 0 Å². The van der Waals surface area contributed by atoms with Crippen molar-refractivity contribution < 1.29 is 5.11 Å². The van der Waals surface area contributed by atoms with Crippen LogP contribution in [0.5, 0.6) is 0 Å². The number of nitrogens with zero attached hydrogens (tertiary/aromatic N) is 2. The highest BCUT2D eigenvalue weighted by atomic mass is 35.5. The zero-order valence-corrected chi connectivity index (χ0v) is 9.89. The third-order valence-corrected chi connectivity index (χ3v) is 2.54. The van der Waals surface area contributed by atoms with Crippen molar-refractivity contribution in [3.8, 4) is 0 Å². The molecule has 0 radical (unpaired) electrons. The average molecular weight is 217 g/mol. The van der Waals surface area contributed by atoms with Crippen molar-refractivity contribution in [2.45, 2.75) is 46.3 Å². The van der Waals surface area contributed by atoms with E-state index in [2.05, 4.69) is 5.10 Å². The smallest absolute Gasteiger partial charge is 0.0848 e. The molecule has 0 amide bonds. The first-order valence-electron chi connectivity index (χ1n) is 4.79. The van der Waals surface area contributed by atoms with Crippen LogP contribution in [-0.2, 0) is 13.0 Å². The van der Waals surface area contributed by atoms with Crippen LogP contribution in [0.3, 0.4) is 0 Å². The molecular weight excluding hydrogens is 200 g/mol. The van der Waals surface area contributed by atoms with Crippen molar-refractivity contribution in [1.29, 1.82) is 0 Å². The molecule has 1 aromatic rings. The zero-order chi connectivity index (χ0) is 10.9. The van der Waals surface area contributed by atoms with E-state index in [9.17, 15) is 5.11 Å². The molecule has 0 aliphatic rings. The lowest BCUT2D eigenvalue weighted by molar-refractivity contribution is 0.0787. The molecule has 14 heavy (non-hydrogen) atoms. The van der Waals surface area contributed by atoms with Crippen molar-refractivity contribution in [1.82, 2.24) is 9.78 Å². The summed E-state index contributed by atoms with van der Waals surface area (Å²) in [4.78, 5) is 0. The number of aryl methyl sites for hydroxylation is 2. The van der Waals surface area contributed by atoms with Gasteiger partial charge in [-0.15, -0.1) is 0 Å². The Kier molecular flexibility index (Phi) is 3.22. The Morgan fingerprint density at radius 3 is 2.50 bits per heavy atom. The van der Waals surface area contributed by atoms with Crippen LogP contribution >= 0.6 is 11.6 Å². The second-order valence-corrected chi connectivity index (χ2v) is 4.53. The minimum atomic E-state index is -0.747. The van der Waals surface area contributed by atoms with Gasteiger partial charge in [-0.05, 0) is 27.7 Å². The molecule has 1 aromatic heterocycles. The summed E-state index contributed by atoms with van der Waals surface area (Å²) in [6.07, 6.45) is 0.528. The van der Waals surface area contributed by atoms with Crippen LogP contribution in [0, 0.1) is 6.92 Å². The summed E-state index contributed by atoms with van der Waals surface area (Å²) < 4.78 is 1.84. The van der Waals surface area contributed by atoms with Crippen molar-refractivity contribution in [2.75, 3.05) is 0 Å². The Hall–Kier alpha value is -0.540. The van der Waals surface area contributed by atoms with Crippen LogP contribution in [-0.4, -0.2) is 20.5 Å². The Morgan fingerprint density at radius 2 is 2.07 bits per heavy atom. The minimum absolute atomic E-state index is 0.528. The Bertz CT molecular complexity index is 326. The predicted molar refractivity (Wildman–Crippen MR) is 57.6 cm³/mol. The van der Waals surface area contributed by atoms with Gasteiger partial charge in [0.2, 0.25) is 0 Å². The topological polar surface area (TPSA) is 38.0 Å². The standard InChI is InChI=1S/C10H17ClN2O/c1-5-13-8(6-10(3,4)14)9(11)7(2)12-13/h14H,5-6H2,1-4H3. The van der Waals surface area contributed by atoms with Crippen molar-refractivity contribution in [3.63, 3.8) is 0 Å². The van der Waals surface area contributed by atoms with Gasteiger partial charge in [0.1, 0.15) is 0 Å². The first-order chi connectivity index (χ1) is 6.35. The molecule has 0 aromatic carbocycles. The van der Waals surface area contributed by atoms with E-state index in [1.807, 2.05) is 18.5 Å². The molecule has 0 saturated carbocycles. The highest BCUT2D eigenvalue weighted by Gasteiger charge is 2.20. The molecule has 80 valence electrons. The zero-order valence-electron chi connectivity index (χ0n) is 9.13. The summed E-state index contributed by atoms with van der Waals surface area (Å²) in [5, 5.41) is 14.7. The fourth-order valence-electron chi connectivity index (χ4n) is 1.45. The molecule has 1 rings (SSSR count). The maximum atomic E-state index is 9.72. The van der Waals surface area contributed by atoms with E-state index < -0.39 is 5.60 Å². The monoisotopic (exact) mass is 216 g/mol. The van der Waals surface area contributed by atoms with E-state index in [1.54, 1.807) is 13.8 Å². The number of aliphatic hydroxyl groups is 1. The van der Waals surface area contributed by atoms with Gasteiger partial charge < -0.3 is 5.11 Å². The van der Waals surface area contributed by atoms with E-state index in [1.165, 1.54) is 0 Å². The highest BCUT2D eigenvalue weighted by molar-refractivity contribution is 6.31. The molecule has 0 atom stereocenters. The van der Waals surface area contributed by atoms with Gasteiger partial charge in [-0.2, -0.15) is 5.10 Å². The largest absolute Gasteiger partial charge is 0.390 e. The lowest BCUT2D eigenvalue weighted by Crippen LogP contribution is -2.24. The fraction of sp³-hybridized carbons (Fsp3) is 0.700. The summed E-state index contributed by atoms with van der Waals surface area (Å²) >= 11 is 6.10. The molecule has 4 heteroatoms. The summed E-state index contributed by atoms with van der Waals surface area (Å²) in [6, 6.07) is 0. The van der Waals surface area contributed by atoms with Crippen LogP contribution in [0.2, 0.25) is 5.02 Å². The van der Waals surface area contributed by atoms with Gasteiger partial charge in [0.05, 0.1) is 22.0 Å². The maximum absolute atomic E-state index is 9.72. The summed E-state index contributed by atoms with van der Waals surface area (Å²) in [6.45, 7) is 8.20. The molecule has 1 N–H and O–H groups in total. The quantitative estimate of drug-likeness (QED) is 0.841. The number of hydrogen-bond donors (Lipinski definition) is 1. The normalized spacial score (nSPS) is 12.1. The number of aromatic nitrogens is 2. The van der Waals surface area contributed by atoms with Crippen molar-refractivity contribution in [2.24, 2.45) is 0 Å². The van der Waals surface area contributed by atoms with E-state index in [-0.39, 0.29) is 0 Å². The molecule has 0 aliphatic heterocycles. The van der Waals surface area contributed by atoms with Crippen LogP contribution in [0.4, 0.5) is 0 Å². The van der Waals surface area contributed by atoms with Crippen molar-refractivity contribution in [3.05, 3.63) is 16.4 Å². The fourth-order valence-corrected chi connectivity index (χ4v) is 1.65. The van der Waals surface area contributed by atoms with Gasteiger partial charge in [0.25, 0.3) is 0 Å². The second kappa shape index (κ2) is 3.91. The van der Waals surface area contributed by atoms with Crippen LogP contribution < -0.4 is 0 Å². The molecule has 0 aliphatic carbocycles. The highest BCUT2D eigenvalue weighted by Crippen LogP contribution is 2.24. The van der Waals surface area contributed by atoms with Gasteiger partial charge in [-0.3, -0.25) is 4.68 Å². The molecule has 0 bridgehead atoms. The predicted octanol–water partition coefficient (Wildman–Crippen LogP) is 2.18. The summed E-state index contributed by atoms with van der Waals surface area (Å²) in [5.74, 6) is 0. The number of halogens is 1. The van der Waals surface area contributed by atoms with Gasteiger partial charge in [-0.1, -0.05) is 11.6 Å². The molecule has 0 spiro atoms. The maximum Gasteiger partial charge on any atom is 0.0848 e. The summed E-state index contributed by atoms with van der Waals surface area (Å²) in [5.41, 5.74) is 0.996. The number of rotatable bonds is 3. The SMILES string of the molecule is CCn1nc(C)c(Cl)c1CC(C)(C)O. The molecule has 1 heterocycles. The molecule has 0 fully saturated rings. The van der Waals surface area contributed by atoms with E-state index in [4.69, 9.17) is 11.6 Å².